The van der Waals surface area contributed by atoms with E-state index in [4.69, 9.17) is 10.5 Å². The average Bonchev–Trinajstić information content (AvgIpc) is 2.50. The summed E-state index contributed by atoms with van der Waals surface area (Å²) in [5.41, 5.74) is 10.4. The summed E-state index contributed by atoms with van der Waals surface area (Å²) in [5, 5.41) is 3.14. The van der Waals surface area contributed by atoms with Gasteiger partial charge >= 0.3 is 0 Å². The molecule has 0 unspecified atom stereocenters. The summed E-state index contributed by atoms with van der Waals surface area (Å²) in [7, 11) is 0. The molecule has 0 bridgehead atoms. The standard InChI is InChI=1S/C19H25N3O/c1-4-8-23-18-7-5-6-16(12-18)13-21-19(20)22-17-10-14(2)9-15(3)11-17/h5-7,9-12H,4,8,13H2,1-3H3,(H3,20,21,22). The smallest absolute Gasteiger partial charge is 0.193 e. The van der Waals surface area contributed by atoms with Gasteiger partial charge in [0.15, 0.2) is 5.96 Å². The Morgan fingerprint density at radius 1 is 1.13 bits per heavy atom. The Morgan fingerprint density at radius 3 is 2.57 bits per heavy atom. The van der Waals surface area contributed by atoms with Crippen molar-refractivity contribution in [2.24, 2.45) is 10.7 Å². The topological polar surface area (TPSA) is 59.6 Å². The van der Waals surface area contributed by atoms with Crippen LogP contribution in [-0.2, 0) is 6.54 Å². The van der Waals surface area contributed by atoms with Crippen LogP contribution in [-0.4, -0.2) is 12.6 Å². The van der Waals surface area contributed by atoms with Gasteiger partial charge in [-0.2, -0.15) is 0 Å². The minimum absolute atomic E-state index is 0.412. The monoisotopic (exact) mass is 311 g/mol. The number of nitrogens with zero attached hydrogens (tertiary/aromatic N) is 1. The first kappa shape index (κ1) is 16.9. The van der Waals surface area contributed by atoms with E-state index >= 15 is 0 Å². The van der Waals surface area contributed by atoms with Crippen LogP contribution in [0.1, 0.15) is 30.0 Å². The largest absolute Gasteiger partial charge is 0.494 e. The van der Waals surface area contributed by atoms with Crippen molar-refractivity contribution < 1.29 is 4.74 Å². The first-order chi connectivity index (χ1) is 11.1. The fraction of sp³-hybridized carbons (Fsp3) is 0.316. The van der Waals surface area contributed by atoms with Crippen LogP contribution in [0.3, 0.4) is 0 Å². The van der Waals surface area contributed by atoms with E-state index in [1.54, 1.807) is 0 Å². The summed E-state index contributed by atoms with van der Waals surface area (Å²) in [5.74, 6) is 1.29. The zero-order valence-electron chi connectivity index (χ0n) is 14.1. The minimum Gasteiger partial charge on any atom is -0.494 e. The number of aryl methyl sites for hydroxylation is 2. The van der Waals surface area contributed by atoms with Crippen LogP contribution in [0.25, 0.3) is 0 Å². The molecule has 4 nitrogen and oxygen atoms in total. The molecule has 0 saturated heterocycles. The highest BCUT2D eigenvalue weighted by Gasteiger charge is 1.99. The molecule has 3 N–H and O–H groups in total. The van der Waals surface area contributed by atoms with E-state index in [0.717, 1.165) is 30.0 Å². The van der Waals surface area contributed by atoms with Gasteiger partial charge in [-0.15, -0.1) is 0 Å². The molecule has 0 aliphatic rings. The molecule has 0 aromatic heterocycles. The van der Waals surface area contributed by atoms with Crippen molar-refractivity contribution in [2.75, 3.05) is 11.9 Å². The van der Waals surface area contributed by atoms with Gasteiger partial charge in [-0.25, -0.2) is 4.99 Å². The number of benzene rings is 2. The summed E-state index contributed by atoms with van der Waals surface area (Å²) >= 11 is 0. The maximum absolute atomic E-state index is 5.98. The molecule has 0 atom stereocenters. The third kappa shape index (κ3) is 5.66. The SMILES string of the molecule is CCCOc1cccc(CN=C(N)Nc2cc(C)cc(C)c2)c1. The van der Waals surface area contributed by atoms with Crippen molar-refractivity contribution in [1.82, 2.24) is 0 Å². The van der Waals surface area contributed by atoms with Gasteiger partial charge in [0.1, 0.15) is 5.75 Å². The number of nitrogens with two attached hydrogens (primary N) is 1. The third-order valence-electron chi connectivity index (χ3n) is 3.30. The van der Waals surface area contributed by atoms with E-state index < -0.39 is 0 Å². The Morgan fingerprint density at radius 2 is 1.87 bits per heavy atom. The Kier molecular flexibility index (Phi) is 6.03. The van der Waals surface area contributed by atoms with Crippen LogP contribution >= 0.6 is 0 Å². The summed E-state index contributed by atoms with van der Waals surface area (Å²) in [6.07, 6.45) is 0.995. The maximum Gasteiger partial charge on any atom is 0.193 e. The second kappa shape index (κ2) is 8.22. The summed E-state index contributed by atoms with van der Waals surface area (Å²) in [4.78, 5) is 4.40. The lowest BCUT2D eigenvalue weighted by molar-refractivity contribution is 0.317. The number of aliphatic imine (C=N–C) groups is 1. The van der Waals surface area contributed by atoms with Gasteiger partial charge in [0, 0.05) is 5.69 Å². The van der Waals surface area contributed by atoms with E-state index in [1.165, 1.54) is 11.1 Å². The molecule has 0 saturated carbocycles. The normalized spacial score (nSPS) is 11.3. The molecule has 0 aliphatic heterocycles. The quantitative estimate of drug-likeness (QED) is 0.626. The highest BCUT2D eigenvalue weighted by molar-refractivity contribution is 5.92. The predicted molar refractivity (Wildman–Crippen MR) is 97.1 cm³/mol. The molecule has 0 radical (unpaired) electrons. The number of hydrogen-bond acceptors (Lipinski definition) is 2. The van der Waals surface area contributed by atoms with Gasteiger partial charge in [0.25, 0.3) is 0 Å². The lowest BCUT2D eigenvalue weighted by Gasteiger charge is -2.09. The molecule has 0 spiro atoms. The van der Waals surface area contributed by atoms with E-state index in [0.29, 0.717) is 12.5 Å². The van der Waals surface area contributed by atoms with Gasteiger partial charge < -0.3 is 15.8 Å². The molecule has 2 aromatic rings. The second-order valence-corrected chi connectivity index (χ2v) is 5.70. The van der Waals surface area contributed by atoms with Crippen molar-refractivity contribution in [3.05, 3.63) is 59.2 Å². The number of anilines is 1. The molecule has 122 valence electrons. The molecule has 0 amide bonds. The van der Waals surface area contributed by atoms with Gasteiger partial charge in [0.05, 0.1) is 13.2 Å². The summed E-state index contributed by atoms with van der Waals surface area (Å²) < 4.78 is 5.63. The molecule has 23 heavy (non-hydrogen) atoms. The van der Waals surface area contributed by atoms with Crippen molar-refractivity contribution >= 4 is 11.6 Å². The van der Waals surface area contributed by atoms with Crippen molar-refractivity contribution in [3.8, 4) is 5.75 Å². The Hall–Kier alpha value is -2.49. The van der Waals surface area contributed by atoms with Gasteiger partial charge in [-0.05, 0) is 61.2 Å². The van der Waals surface area contributed by atoms with E-state index in [2.05, 4.69) is 49.3 Å². The van der Waals surface area contributed by atoms with E-state index in [9.17, 15) is 0 Å². The molecule has 2 aromatic carbocycles. The highest BCUT2D eigenvalue weighted by Crippen LogP contribution is 2.15. The van der Waals surface area contributed by atoms with Gasteiger partial charge in [-0.1, -0.05) is 25.1 Å². The predicted octanol–water partition coefficient (Wildman–Crippen LogP) is 4.02. The molecule has 0 fully saturated rings. The minimum atomic E-state index is 0.412. The number of guanidine groups is 1. The average molecular weight is 311 g/mol. The van der Waals surface area contributed by atoms with Crippen LogP contribution in [0.5, 0.6) is 5.75 Å². The number of nitrogens with one attached hydrogen (secondary N) is 1. The van der Waals surface area contributed by atoms with Crippen LogP contribution in [0.15, 0.2) is 47.5 Å². The van der Waals surface area contributed by atoms with Crippen LogP contribution in [0, 0.1) is 13.8 Å². The van der Waals surface area contributed by atoms with Crippen molar-refractivity contribution in [1.29, 1.82) is 0 Å². The van der Waals surface area contributed by atoms with Gasteiger partial charge in [0.2, 0.25) is 0 Å². The van der Waals surface area contributed by atoms with E-state index in [1.807, 2.05) is 24.3 Å². The molecule has 4 heteroatoms. The first-order valence-corrected chi connectivity index (χ1v) is 7.94. The van der Waals surface area contributed by atoms with Crippen LogP contribution < -0.4 is 15.8 Å². The highest BCUT2D eigenvalue weighted by atomic mass is 16.5. The molecular weight excluding hydrogens is 286 g/mol. The lowest BCUT2D eigenvalue weighted by Crippen LogP contribution is -2.22. The zero-order chi connectivity index (χ0) is 16.7. The third-order valence-corrected chi connectivity index (χ3v) is 3.30. The second-order valence-electron chi connectivity index (χ2n) is 5.70. The van der Waals surface area contributed by atoms with Crippen LogP contribution in [0.2, 0.25) is 0 Å². The van der Waals surface area contributed by atoms with Crippen molar-refractivity contribution in [2.45, 2.75) is 33.7 Å². The summed E-state index contributed by atoms with van der Waals surface area (Å²) in [6.45, 7) is 7.46. The van der Waals surface area contributed by atoms with Crippen LogP contribution in [0.4, 0.5) is 5.69 Å². The molecule has 0 heterocycles. The number of rotatable bonds is 6. The number of hydrogen-bond donors (Lipinski definition) is 2. The molecule has 2 rings (SSSR count). The zero-order valence-corrected chi connectivity index (χ0v) is 14.1. The fourth-order valence-corrected chi connectivity index (χ4v) is 2.36. The fourth-order valence-electron chi connectivity index (χ4n) is 2.36. The Balaban J connectivity index is 1.98. The number of ether oxygens (including phenoxy) is 1. The Labute approximate surface area is 138 Å². The Bertz CT molecular complexity index is 660. The first-order valence-electron chi connectivity index (χ1n) is 7.94. The van der Waals surface area contributed by atoms with E-state index in [-0.39, 0.29) is 0 Å². The summed E-state index contributed by atoms with van der Waals surface area (Å²) in [6, 6.07) is 14.2. The molecular formula is C19H25N3O. The van der Waals surface area contributed by atoms with Gasteiger partial charge in [-0.3, -0.25) is 0 Å². The lowest BCUT2D eigenvalue weighted by atomic mass is 10.1. The van der Waals surface area contributed by atoms with Crippen molar-refractivity contribution in [3.63, 3.8) is 0 Å². The maximum atomic E-state index is 5.98. The molecule has 0 aliphatic carbocycles.